The molecule has 8 nitrogen and oxygen atoms in total. The average Bonchev–Trinajstić information content (AvgIpc) is 2.52. The van der Waals surface area contributed by atoms with E-state index in [1.165, 1.54) is 30.1 Å². The van der Waals surface area contributed by atoms with Crippen molar-refractivity contribution in [2.24, 2.45) is 5.10 Å². The van der Waals surface area contributed by atoms with Crippen molar-refractivity contribution < 1.29 is 9.72 Å². The number of aromatic nitrogens is 2. The van der Waals surface area contributed by atoms with E-state index in [0.717, 1.165) is 11.4 Å². The van der Waals surface area contributed by atoms with E-state index in [9.17, 15) is 14.9 Å². The molecule has 0 aliphatic heterocycles. The van der Waals surface area contributed by atoms with Crippen molar-refractivity contribution >= 4 is 29.6 Å². The first-order chi connectivity index (χ1) is 11.4. The van der Waals surface area contributed by atoms with E-state index in [-0.39, 0.29) is 17.3 Å². The van der Waals surface area contributed by atoms with Crippen molar-refractivity contribution in [1.82, 2.24) is 15.4 Å². The second kappa shape index (κ2) is 8.16. The van der Waals surface area contributed by atoms with Gasteiger partial charge in [0, 0.05) is 23.5 Å². The van der Waals surface area contributed by atoms with Crippen LogP contribution in [0.15, 0.2) is 40.6 Å². The lowest BCUT2D eigenvalue weighted by Crippen LogP contribution is -2.19. The molecule has 0 saturated heterocycles. The summed E-state index contributed by atoms with van der Waals surface area (Å²) in [6.07, 6.45) is 1.42. The highest BCUT2D eigenvalue weighted by Crippen LogP contribution is 2.13. The van der Waals surface area contributed by atoms with Gasteiger partial charge in [0.1, 0.15) is 0 Å². The van der Waals surface area contributed by atoms with Crippen LogP contribution in [0.25, 0.3) is 0 Å². The van der Waals surface area contributed by atoms with Gasteiger partial charge in [-0.05, 0) is 37.6 Å². The molecule has 1 heterocycles. The van der Waals surface area contributed by atoms with Crippen molar-refractivity contribution in [2.45, 2.75) is 19.0 Å². The predicted octanol–water partition coefficient (Wildman–Crippen LogP) is 2.24. The van der Waals surface area contributed by atoms with Gasteiger partial charge in [-0.3, -0.25) is 14.9 Å². The maximum absolute atomic E-state index is 11.7. The summed E-state index contributed by atoms with van der Waals surface area (Å²) < 4.78 is 0. The summed E-state index contributed by atoms with van der Waals surface area (Å²) >= 11 is 1.23. The number of non-ortho nitro benzene ring substituents is 1. The third-order valence-corrected chi connectivity index (χ3v) is 3.65. The summed E-state index contributed by atoms with van der Waals surface area (Å²) in [4.78, 5) is 30.3. The zero-order valence-electron chi connectivity index (χ0n) is 13.1. The topological polar surface area (TPSA) is 110 Å². The molecule has 9 heteroatoms. The number of nitrogens with zero attached hydrogens (tertiary/aromatic N) is 4. The lowest BCUT2D eigenvalue weighted by atomic mass is 10.2. The zero-order chi connectivity index (χ0) is 17.5. The second-order valence-electron chi connectivity index (χ2n) is 4.86. The van der Waals surface area contributed by atoms with Gasteiger partial charge in [0.15, 0.2) is 5.16 Å². The Morgan fingerprint density at radius 1 is 1.29 bits per heavy atom. The molecule has 0 aliphatic rings. The first-order valence-electron chi connectivity index (χ1n) is 6.95. The van der Waals surface area contributed by atoms with Crippen LogP contribution in [0.3, 0.4) is 0 Å². The number of hydrogen-bond acceptors (Lipinski definition) is 7. The molecule has 0 spiro atoms. The van der Waals surface area contributed by atoms with E-state index in [1.807, 2.05) is 19.9 Å². The van der Waals surface area contributed by atoms with Crippen molar-refractivity contribution in [3.63, 3.8) is 0 Å². The molecule has 0 aliphatic carbocycles. The Balaban J connectivity index is 1.83. The van der Waals surface area contributed by atoms with Gasteiger partial charge < -0.3 is 0 Å². The van der Waals surface area contributed by atoms with Crippen molar-refractivity contribution in [3.05, 3.63) is 57.4 Å². The van der Waals surface area contributed by atoms with Crippen molar-refractivity contribution in [2.75, 3.05) is 5.75 Å². The minimum atomic E-state index is -0.477. The Labute approximate surface area is 142 Å². The first-order valence-corrected chi connectivity index (χ1v) is 7.94. The van der Waals surface area contributed by atoms with Crippen molar-refractivity contribution in [1.29, 1.82) is 0 Å². The Morgan fingerprint density at radius 2 is 1.92 bits per heavy atom. The Hall–Kier alpha value is -2.81. The molecule has 124 valence electrons. The number of aryl methyl sites for hydroxylation is 2. The fraction of sp³-hybridized carbons (Fsp3) is 0.200. The number of hydrazone groups is 1. The monoisotopic (exact) mass is 345 g/mol. The van der Waals surface area contributed by atoms with Crippen LogP contribution >= 0.6 is 11.8 Å². The van der Waals surface area contributed by atoms with Gasteiger partial charge >= 0.3 is 0 Å². The highest BCUT2D eigenvalue weighted by molar-refractivity contribution is 7.99. The molecule has 0 unspecified atom stereocenters. The number of nitrogens with one attached hydrogen (secondary N) is 1. The largest absolute Gasteiger partial charge is 0.272 e. The van der Waals surface area contributed by atoms with Gasteiger partial charge in [0.05, 0.1) is 16.9 Å². The van der Waals surface area contributed by atoms with Crippen LogP contribution in [0.1, 0.15) is 17.0 Å². The number of hydrogen-bond donors (Lipinski definition) is 1. The van der Waals surface area contributed by atoms with Crippen LogP contribution in [0, 0.1) is 24.0 Å². The molecule has 1 amide bonds. The van der Waals surface area contributed by atoms with E-state index in [2.05, 4.69) is 20.5 Å². The number of nitro benzene ring substituents is 1. The molecule has 0 atom stereocenters. The summed E-state index contributed by atoms with van der Waals surface area (Å²) in [6, 6.07) is 7.70. The molecular formula is C15H15N5O3S. The third-order valence-electron chi connectivity index (χ3n) is 2.80. The van der Waals surface area contributed by atoms with Gasteiger partial charge in [-0.25, -0.2) is 15.4 Å². The summed E-state index contributed by atoms with van der Waals surface area (Å²) in [5.74, 6) is -0.151. The van der Waals surface area contributed by atoms with E-state index in [0.29, 0.717) is 10.7 Å². The maximum Gasteiger partial charge on any atom is 0.269 e. The molecule has 0 saturated carbocycles. The Kier molecular flexibility index (Phi) is 5.96. The summed E-state index contributed by atoms with van der Waals surface area (Å²) in [5.41, 5.74) is 4.73. The summed E-state index contributed by atoms with van der Waals surface area (Å²) in [6.45, 7) is 3.74. The quantitative estimate of drug-likeness (QED) is 0.283. The molecule has 1 aromatic carbocycles. The fourth-order valence-electron chi connectivity index (χ4n) is 1.78. The number of carbonyl (C=O) groups is 1. The number of amides is 1. The van der Waals surface area contributed by atoms with Crippen LogP contribution in [-0.4, -0.2) is 32.8 Å². The lowest BCUT2D eigenvalue weighted by Gasteiger charge is -2.02. The summed E-state index contributed by atoms with van der Waals surface area (Å²) in [7, 11) is 0. The smallest absolute Gasteiger partial charge is 0.269 e. The molecule has 0 fully saturated rings. The molecule has 2 rings (SSSR count). The third kappa shape index (κ3) is 5.43. The standard InChI is InChI=1S/C15H15N5O3S/c1-10-7-11(2)18-15(17-10)24-9-14(21)19-16-8-12-3-5-13(6-4-12)20(22)23/h3-8H,9H2,1-2H3,(H,19,21). The van der Waals surface area contributed by atoms with Crippen LogP contribution in [-0.2, 0) is 4.79 Å². The SMILES string of the molecule is Cc1cc(C)nc(SCC(=O)NN=Cc2ccc([N+](=O)[O-])cc2)n1. The van der Waals surface area contributed by atoms with Gasteiger partial charge in [-0.2, -0.15) is 5.10 Å². The molecule has 2 aromatic rings. The lowest BCUT2D eigenvalue weighted by molar-refractivity contribution is -0.384. The Bertz CT molecular complexity index is 757. The number of carbonyl (C=O) groups excluding carboxylic acids is 1. The van der Waals surface area contributed by atoms with Gasteiger partial charge in [-0.15, -0.1) is 0 Å². The van der Waals surface area contributed by atoms with Crippen LogP contribution in [0.5, 0.6) is 0 Å². The maximum atomic E-state index is 11.7. The molecule has 0 radical (unpaired) electrons. The van der Waals surface area contributed by atoms with Crippen molar-refractivity contribution in [3.8, 4) is 0 Å². The van der Waals surface area contributed by atoms with Crippen LogP contribution in [0.2, 0.25) is 0 Å². The normalized spacial score (nSPS) is 10.8. The van der Waals surface area contributed by atoms with Gasteiger partial charge in [0.25, 0.3) is 11.6 Å². The minimum Gasteiger partial charge on any atom is -0.272 e. The molecule has 0 bridgehead atoms. The molecule has 1 N–H and O–H groups in total. The molecular weight excluding hydrogens is 330 g/mol. The highest BCUT2D eigenvalue weighted by Gasteiger charge is 2.05. The number of thioether (sulfide) groups is 1. The van der Waals surface area contributed by atoms with Crippen LogP contribution in [0.4, 0.5) is 5.69 Å². The fourth-order valence-corrected chi connectivity index (χ4v) is 2.52. The van der Waals surface area contributed by atoms with E-state index in [1.54, 1.807) is 12.1 Å². The van der Waals surface area contributed by atoms with Crippen LogP contribution < -0.4 is 5.43 Å². The first kappa shape index (κ1) is 17.5. The minimum absolute atomic E-state index is 0.000957. The highest BCUT2D eigenvalue weighted by atomic mass is 32.2. The number of rotatable bonds is 6. The van der Waals surface area contributed by atoms with E-state index < -0.39 is 4.92 Å². The van der Waals surface area contributed by atoms with E-state index >= 15 is 0 Å². The van der Waals surface area contributed by atoms with E-state index in [4.69, 9.17) is 0 Å². The zero-order valence-corrected chi connectivity index (χ0v) is 13.9. The molecule has 24 heavy (non-hydrogen) atoms. The number of benzene rings is 1. The molecule has 1 aromatic heterocycles. The van der Waals surface area contributed by atoms with Gasteiger partial charge in [0.2, 0.25) is 0 Å². The summed E-state index contributed by atoms with van der Waals surface area (Å²) in [5, 5.41) is 14.9. The average molecular weight is 345 g/mol. The Morgan fingerprint density at radius 3 is 2.50 bits per heavy atom. The van der Waals surface area contributed by atoms with Gasteiger partial charge in [-0.1, -0.05) is 11.8 Å². The predicted molar refractivity (Wildman–Crippen MR) is 91.1 cm³/mol. The number of nitro groups is 1. The second-order valence-corrected chi connectivity index (χ2v) is 5.81.